The molecule has 2 aliphatic rings. The van der Waals surface area contributed by atoms with Crippen LogP contribution in [0.15, 0.2) is 72.8 Å². The summed E-state index contributed by atoms with van der Waals surface area (Å²) in [6, 6.07) is 23.3. The summed E-state index contributed by atoms with van der Waals surface area (Å²) in [6.45, 7) is 1.69. The quantitative estimate of drug-likeness (QED) is 0.581. The maximum Gasteiger partial charge on any atom is 0.410 e. The van der Waals surface area contributed by atoms with Crippen molar-refractivity contribution in [1.82, 2.24) is 4.90 Å². The zero-order valence-corrected chi connectivity index (χ0v) is 18.4. The monoisotopic (exact) mass is 441 g/mol. The highest BCUT2D eigenvalue weighted by atomic mass is 16.6. The van der Waals surface area contributed by atoms with E-state index in [2.05, 4.69) is 28.8 Å². The van der Waals surface area contributed by atoms with Crippen LogP contribution >= 0.6 is 0 Å². The standard InChI is InChI=1S/C27H27N3O3/c31-26(25-10-5-15-30(25)27(32)33-18-19-6-2-1-3-7-19)29-23-9-4-8-20(17-23)21-11-12-24-22(16-21)13-14-28-24/h1-4,6-9,11-12,16-17,25,28H,5,10,13-15,18H2,(H,29,31). The number of anilines is 2. The Labute approximate surface area is 193 Å². The van der Waals surface area contributed by atoms with Crippen molar-refractivity contribution in [3.63, 3.8) is 0 Å². The molecule has 0 bridgehead atoms. The molecule has 33 heavy (non-hydrogen) atoms. The van der Waals surface area contributed by atoms with Crippen LogP contribution in [0.4, 0.5) is 16.2 Å². The van der Waals surface area contributed by atoms with Crippen molar-refractivity contribution in [1.29, 1.82) is 0 Å². The van der Waals surface area contributed by atoms with Gasteiger partial charge in [-0.3, -0.25) is 9.69 Å². The van der Waals surface area contributed by atoms with Gasteiger partial charge in [-0.1, -0.05) is 48.5 Å². The van der Waals surface area contributed by atoms with Crippen LogP contribution in [0.1, 0.15) is 24.0 Å². The summed E-state index contributed by atoms with van der Waals surface area (Å²) >= 11 is 0. The van der Waals surface area contributed by atoms with Gasteiger partial charge in [0, 0.05) is 24.5 Å². The molecule has 2 aliphatic heterocycles. The van der Waals surface area contributed by atoms with E-state index in [0.29, 0.717) is 13.0 Å². The van der Waals surface area contributed by atoms with Crippen LogP contribution in [0, 0.1) is 0 Å². The minimum absolute atomic E-state index is 0.181. The lowest BCUT2D eigenvalue weighted by atomic mass is 10.0. The lowest BCUT2D eigenvalue weighted by Crippen LogP contribution is -2.43. The first-order chi connectivity index (χ1) is 16.2. The van der Waals surface area contributed by atoms with E-state index in [9.17, 15) is 9.59 Å². The van der Waals surface area contributed by atoms with Gasteiger partial charge in [0.15, 0.2) is 0 Å². The number of carbonyl (C=O) groups is 2. The van der Waals surface area contributed by atoms with Gasteiger partial charge in [0.05, 0.1) is 0 Å². The molecule has 6 nitrogen and oxygen atoms in total. The SMILES string of the molecule is O=C(Nc1cccc(-c2ccc3c(c2)CCN3)c1)C1CCCN1C(=O)OCc1ccccc1. The Balaban J connectivity index is 1.24. The van der Waals surface area contributed by atoms with Gasteiger partial charge in [-0.15, -0.1) is 0 Å². The van der Waals surface area contributed by atoms with Gasteiger partial charge in [-0.05, 0) is 65.8 Å². The van der Waals surface area contributed by atoms with E-state index < -0.39 is 12.1 Å². The molecule has 0 aliphatic carbocycles. The second kappa shape index (κ2) is 9.36. The minimum atomic E-state index is -0.525. The van der Waals surface area contributed by atoms with E-state index in [-0.39, 0.29) is 12.5 Å². The number of benzene rings is 3. The van der Waals surface area contributed by atoms with E-state index in [1.807, 2.05) is 54.6 Å². The predicted molar refractivity (Wildman–Crippen MR) is 129 cm³/mol. The molecule has 0 radical (unpaired) electrons. The lowest BCUT2D eigenvalue weighted by Gasteiger charge is -2.23. The normalized spacial score (nSPS) is 16.7. The highest BCUT2D eigenvalue weighted by Gasteiger charge is 2.35. The third-order valence-electron chi connectivity index (χ3n) is 6.27. The molecule has 6 heteroatoms. The molecule has 2 N–H and O–H groups in total. The summed E-state index contributed by atoms with van der Waals surface area (Å²) in [7, 11) is 0. The van der Waals surface area contributed by atoms with Crippen LogP contribution in [0.3, 0.4) is 0 Å². The molecule has 2 heterocycles. The average molecular weight is 442 g/mol. The fourth-order valence-corrected chi connectivity index (χ4v) is 4.55. The van der Waals surface area contributed by atoms with E-state index >= 15 is 0 Å². The summed E-state index contributed by atoms with van der Waals surface area (Å²) < 4.78 is 5.46. The van der Waals surface area contributed by atoms with Crippen LogP contribution in [-0.4, -0.2) is 36.0 Å². The number of carbonyl (C=O) groups excluding carboxylic acids is 2. The topological polar surface area (TPSA) is 70.7 Å². The number of fused-ring (bicyclic) bond motifs is 1. The van der Waals surface area contributed by atoms with Gasteiger partial charge in [-0.2, -0.15) is 0 Å². The largest absolute Gasteiger partial charge is 0.445 e. The highest BCUT2D eigenvalue weighted by Crippen LogP contribution is 2.30. The first kappa shape index (κ1) is 21.1. The molecular formula is C27H27N3O3. The fraction of sp³-hybridized carbons (Fsp3) is 0.259. The minimum Gasteiger partial charge on any atom is -0.445 e. The van der Waals surface area contributed by atoms with Gasteiger partial charge >= 0.3 is 6.09 Å². The van der Waals surface area contributed by atoms with E-state index in [1.165, 1.54) is 16.2 Å². The van der Waals surface area contributed by atoms with E-state index in [0.717, 1.165) is 41.8 Å². The second-order valence-electron chi connectivity index (χ2n) is 8.51. The molecule has 1 saturated heterocycles. The number of rotatable bonds is 5. The molecular weight excluding hydrogens is 414 g/mol. The van der Waals surface area contributed by atoms with Gasteiger partial charge in [0.25, 0.3) is 0 Å². The third kappa shape index (κ3) is 4.70. The van der Waals surface area contributed by atoms with Crippen LogP contribution in [-0.2, 0) is 22.6 Å². The lowest BCUT2D eigenvalue weighted by molar-refractivity contribution is -0.120. The highest BCUT2D eigenvalue weighted by molar-refractivity contribution is 5.97. The van der Waals surface area contributed by atoms with Gasteiger partial charge in [0.2, 0.25) is 5.91 Å². The molecule has 1 atom stereocenters. The van der Waals surface area contributed by atoms with Crippen molar-refractivity contribution in [3.8, 4) is 11.1 Å². The molecule has 5 rings (SSSR count). The van der Waals surface area contributed by atoms with Crippen LogP contribution in [0.2, 0.25) is 0 Å². The van der Waals surface area contributed by atoms with Crippen molar-refractivity contribution >= 4 is 23.4 Å². The zero-order chi connectivity index (χ0) is 22.6. The number of amides is 2. The molecule has 168 valence electrons. The number of hydrogen-bond donors (Lipinski definition) is 2. The Hall–Kier alpha value is -3.80. The summed E-state index contributed by atoms with van der Waals surface area (Å²) in [6.07, 6.45) is 1.99. The molecule has 1 unspecified atom stereocenters. The fourth-order valence-electron chi connectivity index (χ4n) is 4.55. The van der Waals surface area contributed by atoms with Crippen molar-refractivity contribution < 1.29 is 14.3 Å². The summed E-state index contributed by atoms with van der Waals surface area (Å²) in [4.78, 5) is 27.2. The Morgan fingerprint density at radius 3 is 2.73 bits per heavy atom. The predicted octanol–water partition coefficient (Wildman–Crippen LogP) is 5.06. The van der Waals surface area contributed by atoms with E-state index in [4.69, 9.17) is 4.74 Å². The Morgan fingerprint density at radius 2 is 1.85 bits per heavy atom. The van der Waals surface area contributed by atoms with Gasteiger partial charge in [0.1, 0.15) is 12.6 Å². The van der Waals surface area contributed by atoms with Crippen molar-refractivity contribution in [2.45, 2.75) is 31.9 Å². The molecule has 3 aromatic carbocycles. The van der Waals surface area contributed by atoms with Crippen LogP contribution in [0.25, 0.3) is 11.1 Å². The first-order valence-corrected chi connectivity index (χ1v) is 11.4. The summed E-state index contributed by atoms with van der Waals surface area (Å²) in [5.74, 6) is -0.181. The zero-order valence-electron chi connectivity index (χ0n) is 18.4. The second-order valence-corrected chi connectivity index (χ2v) is 8.51. The Bertz CT molecular complexity index is 1160. The Kier molecular flexibility index (Phi) is 5.98. The smallest absolute Gasteiger partial charge is 0.410 e. The molecule has 2 amide bonds. The first-order valence-electron chi connectivity index (χ1n) is 11.4. The van der Waals surface area contributed by atoms with E-state index in [1.54, 1.807) is 0 Å². The molecule has 0 spiro atoms. The number of nitrogens with one attached hydrogen (secondary N) is 2. The van der Waals surface area contributed by atoms with Crippen molar-refractivity contribution in [2.24, 2.45) is 0 Å². The van der Waals surface area contributed by atoms with Crippen LogP contribution in [0.5, 0.6) is 0 Å². The van der Waals surface area contributed by atoms with Crippen molar-refractivity contribution in [2.75, 3.05) is 23.7 Å². The molecule has 3 aromatic rings. The van der Waals surface area contributed by atoms with Gasteiger partial charge < -0.3 is 15.4 Å². The molecule has 0 aromatic heterocycles. The van der Waals surface area contributed by atoms with Crippen molar-refractivity contribution in [3.05, 3.63) is 83.9 Å². The number of likely N-dealkylation sites (tertiary alicyclic amines) is 1. The number of hydrogen-bond acceptors (Lipinski definition) is 4. The number of nitrogens with zero attached hydrogens (tertiary/aromatic N) is 1. The maximum atomic E-state index is 13.0. The number of ether oxygens (including phenoxy) is 1. The summed E-state index contributed by atoms with van der Waals surface area (Å²) in [5, 5.41) is 6.38. The average Bonchev–Trinajstić information content (AvgIpc) is 3.53. The Morgan fingerprint density at radius 1 is 1.00 bits per heavy atom. The third-order valence-corrected chi connectivity index (χ3v) is 6.27. The maximum absolute atomic E-state index is 13.0. The molecule has 0 saturated carbocycles. The van der Waals surface area contributed by atoms with Crippen LogP contribution < -0.4 is 10.6 Å². The summed E-state index contributed by atoms with van der Waals surface area (Å²) in [5.41, 5.74) is 6.33. The van der Waals surface area contributed by atoms with Gasteiger partial charge in [-0.25, -0.2) is 4.79 Å². The molecule has 1 fully saturated rings.